The Morgan fingerprint density at radius 2 is 2.00 bits per heavy atom. The van der Waals surface area contributed by atoms with Crippen molar-refractivity contribution in [2.45, 2.75) is 4.90 Å². The van der Waals surface area contributed by atoms with E-state index in [4.69, 9.17) is 0 Å². The highest BCUT2D eigenvalue weighted by molar-refractivity contribution is 7.92. The molecule has 0 aliphatic rings. The minimum absolute atomic E-state index is 0.0986. The SMILES string of the molecule is O=S(=O)(Nc1ccc(-c2nccs2)cc1)c1cn[nH]c1. The Labute approximate surface area is 119 Å². The Balaban J connectivity index is 1.83. The number of aromatic nitrogens is 3. The maximum atomic E-state index is 12.0. The fourth-order valence-electron chi connectivity index (χ4n) is 1.65. The molecule has 6 nitrogen and oxygen atoms in total. The molecule has 102 valence electrons. The van der Waals surface area contributed by atoms with Crippen molar-refractivity contribution in [3.8, 4) is 10.6 Å². The first-order valence-electron chi connectivity index (χ1n) is 5.67. The number of sulfonamides is 1. The molecule has 2 heterocycles. The smallest absolute Gasteiger partial charge is 0.265 e. The summed E-state index contributed by atoms with van der Waals surface area (Å²) in [7, 11) is -3.59. The lowest BCUT2D eigenvalue weighted by molar-refractivity contribution is 0.601. The first-order valence-corrected chi connectivity index (χ1v) is 8.03. The van der Waals surface area contributed by atoms with Gasteiger partial charge in [0.2, 0.25) is 0 Å². The van der Waals surface area contributed by atoms with Gasteiger partial charge in [-0.25, -0.2) is 13.4 Å². The Morgan fingerprint density at radius 3 is 2.60 bits per heavy atom. The van der Waals surface area contributed by atoms with Crippen molar-refractivity contribution in [3.63, 3.8) is 0 Å². The van der Waals surface area contributed by atoms with E-state index in [0.29, 0.717) is 5.69 Å². The summed E-state index contributed by atoms with van der Waals surface area (Å²) in [6.07, 6.45) is 4.31. The normalized spacial score (nSPS) is 11.4. The van der Waals surface area contributed by atoms with Gasteiger partial charge in [-0.05, 0) is 24.3 Å². The molecule has 0 unspecified atom stereocenters. The van der Waals surface area contributed by atoms with Gasteiger partial charge in [-0.1, -0.05) is 0 Å². The number of H-pyrrole nitrogens is 1. The van der Waals surface area contributed by atoms with E-state index in [-0.39, 0.29) is 4.90 Å². The van der Waals surface area contributed by atoms with Gasteiger partial charge in [0.25, 0.3) is 10.0 Å². The molecule has 8 heteroatoms. The fourth-order valence-corrected chi connectivity index (χ4v) is 3.26. The third kappa shape index (κ3) is 2.56. The Kier molecular flexibility index (Phi) is 3.25. The molecule has 0 radical (unpaired) electrons. The van der Waals surface area contributed by atoms with Gasteiger partial charge in [-0.15, -0.1) is 11.3 Å². The number of nitrogens with zero attached hydrogens (tertiary/aromatic N) is 2. The maximum Gasteiger partial charge on any atom is 0.265 e. The number of nitrogens with one attached hydrogen (secondary N) is 2. The van der Waals surface area contributed by atoms with Crippen LogP contribution in [-0.4, -0.2) is 23.6 Å². The van der Waals surface area contributed by atoms with E-state index in [1.54, 1.807) is 18.3 Å². The van der Waals surface area contributed by atoms with E-state index in [9.17, 15) is 8.42 Å². The second-order valence-electron chi connectivity index (χ2n) is 3.95. The summed E-state index contributed by atoms with van der Waals surface area (Å²) < 4.78 is 26.5. The number of benzene rings is 1. The van der Waals surface area contributed by atoms with Gasteiger partial charge in [0.1, 0.15) is 9.90 Å². The first-order chi connectivity index (χ1) is 9.65. The summed E-state index contributed by atoms with van der Waals surface area (Å²) in [5.41, 5.74) is 1.44. The largest absolute Gasteiger partial charge is 0.284 e. The monoisotopic (exact) mass is 306 g/mol. The van der Waals surface area contributed by atoms with Crippen LogP contribution < -0.4 is 4.72 Å². The highest BCUT2D eigenvalue weighted by atomic mass is 32.2. The molecule has 0 spiro atoms. The van der Waals surface area contributed by atoms with Crippen LogP contribution >= 0.6 is 11.3 Å². The standard InChI is InChI=1S/C12H10N4O2S2/c17-20(18,11-7-14-15-8-11)16-10-3-1-9(2-4-10)12-13-5-6-19-12/h1-8,16H,(H,14,15). The molecule has 0 aliphatic carbocycles. The highest BCUT2D eigenvalue weighted by Crippen LogP contribution is 2.24. The Morgan fingerprint density at radius 1 is 1.20 bits per heavy atom. The van der Waals surface area contributed by atoms with Crippen molar-refractivity contribution in [2.75, 3.05) is 4.72 Å². The summed E-state index contributed by atoms with van der Waals surface area (Å²) in [5.74, 6) is 0. The van der Waals surface area contributed by atoms with Crippen molar-refractivity contribution in [3.05, 3.63) is 48.2 Å². The molecule has 2 aromatic heterocycles. The van der Waals surface area contributed by atoms with E-state index in [1.165, 1.54) is 23.7 Å². The molecule has 0 bridgehead atoms. The predicted molar refractivity (Wildman–Crippen MR) is 76.9 cm³/mol. The molecule has 1 aromatic carbocycles. The molecule has 2 N–H and O–H groups in total. The summed E-state index contributed by atoms with van der Waals surface area (Å²) in [4.78, 5) is 4.30. The second kappa shape index (κ2) is 5.06. The first kappa shape index (κ1) is 12.8. The van der Waals surface area contributed by atoms with Gasteiger partial charge in [0.05, 0.1) is 6.20 Å². The molecule has 20 heavy (non-hydrogen) atoms. The predicted octanol–water partition coefficient (Wildman–Crippen LogP) is 2.33. The average Bonchev–Trinajstić information content (AvgIpc) is 3.13. The molecule has 0 atom stereocenters. The summed E-state index contributed by atoms with van der Waals surface area (Å²) in [5, 5.41) is 8.89. The molecular formula is C12H10N4O2S2. The van der Waals surface area contributed by atoms with Crippen LogP contribution in [0.1, 0.15) is 0 Å². The molecule has 3 rings (SSSR count). The molecule has 3 aromatic rings. The summed E-state index contributed by atoms with van der Waals surface area (Å²) in [6.45, 7) is 0. The van der Waals surface area contributed by atoms with E-state index < -0.39 is 10.0 Å². The summed E-state index contributed by atoms with van der Waals surface area (Å²) in [6, 6.07) is 7.06. The maximum absolute atomic E-state index is 12.0. The number of hydrogen-bond acceptors (Lipinski definition) is 5. The lowest BCUT2D eigenvalue weighted by atomic mass is 10.2. The van der Waals surface area contributed by atoms with Gasteiger partial charge >= 0.3 is 0 Å². The zero-order valence-corrected chi connectivity index (χ0v) is 11.8. The lowest BCUT2D eigenvalue weighted by Crippen LogP contribution is -2.11. The van der Waals surface area contributed by atoms with Crippen molar-refractivity contribution < 1.29 is 8.42 Å². The van der Waals surface area contributed by atoms with Crippen molar-refractivity contribution in [2.24, 2.45) is 0 Å². The van der Waals surface area contributed by atoms with Gasteiger partial charge < -0.3 is 0 Å². The van der Waals surface area contributed by atoms with Crippen molar-refractivity contribution >= 4 is 27.0 Å². The summed E-state index contributed by atoms with van der Waals surface area (Å²) >= 11 is 1.53. The van der Waals surface area contributed by atoms with Crippen molar-refractivity contribution in [1.29, 1.82) is 0 Å². The van der Waals surface area contributed by atoms with E-state index >= 15 is 0 Å². The van der Waals surface area contributed by atoms with Gasteiger partial charge in [0.15, 0.2) is 0 Å². The van der Waals surface area contributed by atoms with Gasteiger partial charge in [-0.3, -0.25) is 9.82 Å². The van der Waals surface area contributed by atoms with Crippen LogP contribution in [0.5, 0.6) is 0 Å². The number of aromatic amines is 1. The van der Waals surface area contributed by atoms with Crippen LogP contribution in [0.25, 0.3) is 10.6 Å². The van der Waals surface area contributed by atoms with Crippen LogP contribution in [0.3, 0.4) is 0 Å². The Hall–Kier alpha value is -2.19. The van der Waals surface area contributed by atoms with Crippen LogP contribution in [-0.2, 0) is 10.0 Å². The molecular weight excluding hydrogens is 296 g/mol. The molecule has 0 saturated carbocycles. The number of thiazole rings is 1. The molecule has 0 fully saturated rings. The van der Waals surface area contributed by atoms with Gasteiger partial charge in [0, 0.05) is 29.0 Å². The molecule has 0 aliphatic heterocycles. The third-order valence-electron chi connectivity index (χ3n) is 2.60. The highest BCUT2D eigenvalue weighted by Gasteiger charge is 2.15. The van der Waals surface area contributed by atoms with E-state index in [0.717, 1.165) is 10.6 Å². The number of rotatable bonds is 4. The van der Waals surface area contributed by atoms with Crippen LogP contribution in [0.4, 0.5) is 5.69 Å². The second-order valence-corrected chi connectivity index (χ2v) is 6.53. The number of anilines is 1. The average molecular weight is 306 g/mol. The molecule has 0 saturated heterocycles. The van der Waals surface area contributed by atoms with E-state index in [1.807, 2.05) is 17.5 Å². The molecule has 0 amide bonds. The fraction of sp³-hybridized carbons (Fsp3) is 0. The van der Waals surface area contributed by atoms with Crippen LogP contribution in [0, 0.1) is 0 Å². The van der Waals surface area contributed by atoms with Crippen molar-refractivity contribution in [1.82, 2.24) is 15.2 Å². The third-order valence-corrected chi connectivity index (χ3v) is 4.77. The minimum atomic E-state index is -3.59. The quantitative estimate of drug-likeness (QED) is 0.774. The minimum Gasteiger partial charge on any atom is -0.284 e. The zero-order valence-electron chi connectivity index (χ0n) is 10.1. The van der Waals surface area contributed by atoms with Crippen LogP contribution in [0.15, 0.2) is 53.1 Å². The van der Waals surface area contributed by atoms with Crippen LogP contribution in [0.2, 0.25) is 0 Å². The lowest BCUT2D eigenvalue weighted by Gasteiger charge is -2.06. The number of hydrogen-bond donors (Lipinski definition) is 2. The Bertz CT molecular complexity index is 779. The topological polar surface area (TPSA) is 87.7 Å². The zero-order chi connectivity index (χ0) is 14.0. The van der Waals surface area contributed by atoms with E-state index in [2.05, 4.69) is 19.9 Å². The van der Waals surface area contributed by atoms with Gasteiger partial charge in [-0.2, -0.15) is 5.10 Å².